The van der Waals surface area contributed by atoms with E-state index in [-0.39, 0.29) is 18.2 Å². The van der Waals surface area contributed by atoms with Crippen molar-refractivity contribution in [3.05, 3.63) is 48.6 Å². The van der Waals surface area contributed by atoms with Gasteiger partial charge < -0.3 is 4.57 Å². The van der Waals surface area contributed by atoms with E-state index in [4.69, 9.17) is 0 Å². The molecule has 1 aromatic carbocycles. The summed E-state index contributed by atoms with van der Waals surface area (Å²) in [6, 6.07) is 4.65. The summed E-state index contributed by atoms with van der Waals surface area (Å²) in [6.45, 7) is 0.575. The molecular formula is C12H9ClFN5. The van der Waals surface area contributed by atoms with Gasteiger partial charge in [-0.15, -0.1) is 12.4 Å². The molecule has 3 heterocycles. The SMILES string of the molecule is Cl.Fc1ccc2c(c1)-c1ncnn1Cc1cncn1-2. The van der Waals surface area contributed by atoms with Crippen molar-refractivity contribution < 1.29 is 4.39 Å². The minimum absolute atomic E-state index is 0. The number of benzene rings is 1. The first kappa shape index (κ1) is 11.9. The van der Waals surface area contributed by atoms with E-state index in [1.807, 2.05) is 4.57 Å². The average Bonchev–Trinajstić information content (AvgIpc) is 2.97. The Morgan fingerprint density at radius 1 is 1.26 bits per heavy atom. The molecule has 5 nitrogen and oxygen atoms in total. The van der Waals surface area contributed by atoms with Crippen LogP contribution in [0, 0.1) is 5.82 Å². The molecule has 7 heteroatoms. The predicted molar refractivity (Wildman–Crippen MR) is 68.9 cm³/mol. The molecule has 0 radical (unpaired) electrons. The molecule has 0 unspecified atom stereocenters. The molecule has 4 rings (SSSR count). The van der Waals surface area contributed by atoms with Crippen LogP contribution in [-0.2, 0) is 6.54 Å². The van der Waals surface area contributed by atoms with Gasteiger partial charge in [-0.05, 0) is 18.2 Å². The maximum absolute atomic E-state index is 13.4. The van der Waals surface area contributed by atoms with E-state index in [0.717, 1.165) is 16.9 Å². The third-order valence-electron chi connectivity index (χ3n) is 3.10. The van der Waals surface area contributed by atoms with E-state index in [2.05, 4.69) is 15.1 Å². The van der Waals surface area contributed by atoms with Crippen LogP contribution in [0.3, 0.4) is 0 Å². The Kier molecular flexibility index (Phi) is 2.60. The van der Waals surface area contributed by atoms with Crippen molar-refractivity contribution in [2.24, 2.45) is 0 Å². The molecule has 96 valence electrons. The summed E-state index contributed by atoms with van der Waals surface area (Å²) in [5.74, 6) is 0.389. The molecule has 0 saturated carbocycles. The van der Waals surface area contributed by atoms with Gasteiger partial charge in [-0.3, -0.25) is 0 Å². The fourth-order valence-electron chi connectivity index (χ4n) is 2.30. The van der Waals surface area contributed by atoms with Crippen LogP contribution in [-0.4, -0.2) is 24.3 Å². The number of hydrogen-bond donors (Lipinski definition) is 0. The highest BCUT2D eigenvalue weighted by Gasteiger charge is 2.20. The van der Waals surface area contributed by atoms with Gasteiger partial charge in [0.2, 0.25) is 0 Å². The highest BCUT2D eigenvalue weighted by atomic mass is 35.5. The van der Waals surface area contributed by atoms with Gasteiger partial charge in [0, 0.05) is 5.56 Å². The largest absolute Gasteiger partial charge is 0.301 e. The molecule has 0 atom stereocenters. The van der Waals surface area contributed by atoms with Crippen LogP contribution in [0.4, 0.5) is 4.39 Å². The second kappa shape index (κ2) is 4.17. The molecule has 0 amide bonds. The number of aromatic nitrogens is 5. The van der Waals surface area contributed by atoms with Gasteiger partial charge in [0.15, 0.2) is 5.82 Å². The van der Waals surface area contributed by atoms with E-state index in [1.54, 1.807) is 23.3 Å². The molecule has 1 aliphatic rings. The second-order valence-corrected chi connectivity index (χ2v) is 4.16. The van der Waals surface area contributed by atoms with Crippen molar-refractivity contribution >= 4 is 12.4 Å². The molecular weight excluding hydrogens is 269 g/mol. The van der Waals surface area contributed by atoms with Gasteiger partial charge in [-0.25, -0.2) is 19.0 Å². The smallest absolute Gasteiger partial charge is 0.160 e. The standard InChI is InChI=1S/C12H8FN5.ClH/c13-8-1-2-11-10(3-8)12-15-6-16-18(12)5-9-4-14-7-17(9)11;/h1-4,6-7H,5H2;1H. The maximum atomic E-state index is 13.4. The molecule has 2 aromatic heterocycles. The fourth-order valence-corrected chi connectivity index (χ4v) is 2.30. The molecule has 1 aliphatic heterocycles. The van der Waals surface area contributed by atoms with Crippen LogP contribution in [0.2, 0.25) is 0 Å². The first-order chi connectivity index (χ1) is 8.83. The van der Waals surface area contributed by atoms with Gasteiger partial charge in [0.25, 0.3) is 0 Å². The van der Waals surface area contributed by atoms with Crippen molar-refractivity contribution in [1.82, 2.24) is 24.3 Å². The van der Waals surface area contributed by atoms with Gasteiger partial charge in [-0.1, -0.05) is 0 Å². The molecule has 0 fully saturated rings. The van der Waals surface area contributed by atoms with Crippen molar-refractivity contribution in [3.63, 3.8) is 0 Å². The van der Waals surface area contributed by atoms with Gasteiger partial charge in [0.05, 0.1) is 30.5 Å². The zero-order valence-corrected chi connectivity index (χ0v) is 10.5. The van der Waals surface area contributed by atoms with E-state index in [9.17, 15) is 4.39 Å². The summed E-state index contributed by atoms with van der Waals surface area (Å²) in [7, 11) is 0. The van der Waals surface area contributed by atoms with Crippen LogP contribution >= 0.6 is 12.4 Å². The number of halogens is 2. The Morgan fingerprint density at radius 2 is 2.16 bits per heavy atom. The Hall–Kier alpha value is -2.21. The molecule has 0 spiro atoms. The van der Waals surface area contributed by atoms with E-state index in [1.165, 1.54) is 18.5 Å². The number of nitrogens with zero attached hydrogens (tertiary/aromatic N) is 5. The third kappa shape index (κ3) is 1.64. The van der Waals surface area contributed by atoms with Crippen LogP contribution in [0.15, 0.2) is 37.1 Å². The van der Waals surface area contributed by atoms with Crippen molar-refractivity contribution in [1.29, 1.82) is 0 Å². The molecule has 0 aliphatic carbocycles. The Bertz CT molecular complexity index is 748. The Balaban J connectivity index is 0.00000110. The topological polar surface area (TPSA) is 48.5 Å². The summed E-state index contributed by atoms with van der Waals surface area (Å²) in [4.78, 5) is 8.35. The van der Waals surface area contributed by atoms with Crippen molar-refractivity contribution in [3.8, 4) is 17.1 Å². The molecule has 0 bridgehead atoms. The summed E-state index contributed by atoms with van der Waals surface area (Å²) < 4.78 is 17.1. The lowest BCUT2D eigenvalue weighted by molar-refractivity contribution is 0.627. The number of imidazole rings is 1. The Labute approximate surface area is 114 Å². The number of hydrogen-bond acceptors (Lipinski definition) is 3. The quantitative estimate of drug-likeness (QED) is 0.494. The lowest BCUT2D eigenvalue weighted by Gasteiger charge is -2.07. The number of fused-ring (bicyclic) bond motifs is 5. The lowest BCUT2D eigenvalue weighted by atomic mass is 10.1. The number of rotatable bonds is 0. The van der Waals surface area contributed by atoms with Crippen LogP contribution in [0.25, 0.3) is 17.1 Å². The van der Waals surface area contributed by atoms with Crippen LogP contribution in [0.5, 0.6) is 0 Å². The summed E-state index contributed by atoms with van der Waals surface area (Å²) in [5, 5.41) is 4.17. The minimum atomic E-state index is -0.285. The van der Waals surface area contributed by atoms with Gasteiger partial charge in [-0.2, -0.15) is 5.10 Å². The van der Waals surface area contributed by atoms with Gasteiger partial charge in [0.1, 0.15) is 12.1 Å². The lowest BCUT2D eigenvalue weighted by Crippen LogP contribution is -2.03. The zero-order chi connectivity index (χ0) is 12.1. The second-order valence-electron chi connectivity index (χ2n) is 4.16. The highest BCUT2D eigenvalue weighted by Crippen LogP contribution is 2.30. The normalized spacial score (nSPS) is 11.8. The molecule has 0 N–H and O–H groups in total. The summed E-state index contributed by atoms with van der Waals surface area (Å²) in [6.07, 6.45) is 4.98. The van der Waals surface area contributed by atoms with Crippen LogP contribution in [0.1, 0.15) is 5.69 Å². The monoisotopic (exact) mass is 277 g/mol. The van der Waals surface area contributed by atoms with E-state index >= 15 is 0 Å². The summed E-state index contributed by atoms with van der Waals surface area (Å²) >= 11 is 0. The summed E-state index contributed by atoms with van der Waals surface area (Å²) in [5.41, 5.74) is 2.59. The minimum Gasteiger partial charge on any atom is -0.301 e. The van der Waals surface area contributed by atoms with E-state index < -0.39 is 0 Å². The fraction of sp³-hybridized carbons (Fsp3) is 0.0833. The van der Waals surface area contributed by atoms with Crippen LogP contribution < -0.4 is 0 Å². The maximum Gasteiger partial charge on any atom is 0.160 e. The molecule has 19 heavy (non-hydrogen) atoms. The third-order valence-corrected chi connectivity index (χ3v) is 3.10. The molecule has 3 aromatic rings. The van der Waals surface area contributed by atoms with E-state index in [0.29, 0.717) is 12.4 Å². The average molecular weight is 278 g/mol. The first-order valence-electron chi connectivity index (χ1n) is 5.52. The highest BCUT2D eigenvalue weighted by molar-refractivity contribution is 5.85. The predicted octanol–water partition coefficient (Wildman–Crippen LogP) is 2.05. The molecule has 0 saturated heterocycles. The van der Waals surface area contributed by atoms with Crippen molar-refractivity contribution in [2.45, 2.75) is 6.54 Å². The zero-order valence-electron chi connectivity index (χ0n) is 9.69. The van der Waals surface area contributed by atoms with Crippen molar-refractivity contribution in [2.75, 3.05) is 0 Å². The first-order valence-corrected chi connectivity index (χ1v) is 5.52. The Morgan fingerprint density at radius 3 is 3.05 bits per heavy atom. The van der Waals surface area contributed by atoms with Gasteiger partial charge >= 0.3 is 0 Å².